The normalized spacial score (nSPS) is 14.5. The molecule has 0 aliphatic rings. The molecule has 11 nitrogen and oxygen atoms in total. The first-order valence-electron chi connectivity index (χ1n) is 11.5. The monoisotopic (exact) mass is 491 g/mol. The maximum absolute atomic E-state index is 13.1. The van der Waals surface area contributed by atoms with Gasteiger partial charge in [-0.2, -0.15) is 0 Å². The maximum Gasteiger partial charge on any atom is 0.326 e. The average Bonchev–Trinajstić information content (AvgIpc) is 2.78. The Labute approximate surface area is 205 Å². The third kappa shape index (κ3) is 10.1. The van der Waals surface area contributed by atoms with Gasteiger partial charge in [0.05, 0.1) is 6.04 Å². The van der Waals surface area contributed by atoms with Crippen LogP contribution in [-0.4, -0.2) is 58.9 Å². The number of carboxylic acid groups (broad SMARTS) is 1. The summed E-state index contributed by atoms with van der Waals surface area (Å²) < 4.78 is 0. The van der Waals surface area contributed by atoms with E-state index < -0.39 is 59.7 Å². The standard InChI is InChI=1S/C24H37N5O6/c1-13(2)19(26)23(33)27-16(10-11-18(25)30)21(31)28-17(12-15-8-6-5-7-9-15)22(32)29-20(14(3)4)24(34)35/h5-9,13-14,16-17,19-20H,10-12,26H2,1-4H3,(H2,25,30)(H,27,33)(H,28,31)(H,29,32)(H,34,35)/t16-,17-,19-,20-/m0/s1. The van der Waals surface area contributed by atoms with Crippen molar-refractivity contribution in [2.24, 2.45) is 23.3 Å². The number of aliphatic carboxylic acids is 1. The van der Waals surface area contributed by atoms with Crippen LogP contribution in [0.15, 0.2) is 30.3 Å². The first kappa shape index (κ1) is 29.6. The van der Waals surface area contributed by atoms with Crippen molar-refractivity contribution >= 4 is 29.6 Å². The van der Waals surface area contributed by atoms with Gasteiger partial charge < -0.3 is 32.5 Å². The van der Waals surface area contributed by atoms with E-state index in [2.05, 4.69) is 16.0 Å². The number of nitrogens with one attached hydrogen (secondary N) is 3. The highest BCUT2D eigenvalue weighted by Crippen LogP contribution is 2.08. The molecule has 0 saturated heterocycles. The van der Waals surface area contributed by atoms with Crippen molar-refractivity contribution in [2.45, 2.75) is 71.1 Å². The van der Waals surface area contributed by atoms with Gasteiger partial charge in [0.15, 0.2) is 0 Å². The number of rotatable bonds is 14. The van der Waals surface area contributed by atoms with E-state index >= 15 is 0 Å². The Morgan fingerprint density at radius 3 is 1.86 bits per heavy atom. The molecule has 0 aromatic heterocycles. The summed E-state index contributed by atoms with van der Waals surface area (Å²) in [6.07, 6.45) is -0.203. The highest BCUT2D eigenvalue weighted by Gasteiger charge is 2.31. The molecule has 0 fully saturated rings. The molecule has 0 heterocycles. The van der Waals surface area contributed by atoms with Crippen LogP contribution >= 0.6 is 0 Å². The molecule has 4 amide bonds. The number of nitrogens with two attached hydrogens (primary N) is 2. The molecule has 35 heavy (non-hydrogen) atoms. The van der Waals surface area contributed by atoms with Crippen LogP contribution in [0.2, 0.25) is 0 Å². The second kappa shape index (κ2) is 14.1. The first-order chi connectivity index (χ1) is 16.3. The van der Waals surface area contributed by atoms with Gasteiger partial charge in [-0.05, 0) is 23.8 Å². The Morgan fingerprint density at radius 2 is 1.37 bits per heavy atom. The molecule has 194 valence electrons. The van der Waals surface area contributed by atoms with Crippen LogP contribution in [0, 0.1) is 11.8 Å². The predicted octanol–water partition coefficient (Wildman–Crippen LogP) is -0.327. The number of carbonyl (C=O) groups is 5. The third-order valence-corrected chi connectivity index (χ3v) is 5.48. The predicted molar refractivity (Wildman–Crippen MR) is 130 cm³/mol. The lowest BCUT2D eigenvalue weighted by Gasteiger charge is -2.26. The zero-order valence-electron chi connectivity index (χ0n) is 20.6. The largest absolute Gasteiger partial charge is 0.480 e. The van der Waals surface area contributed by atoms with Crippen molar-refractivity contribution in [3.63, 3.8) is 0 Å². The van der Waals surface area contributed by atoms with Gasteiger partial charge in [-0.3, -0.25) is 19.2 Å². The van der Waals surface area contributed by atoms with Crippen molar-refractivity contribution < 1.29 is 29.1 Å². The lowest BCUT2D eigenvalue weighted by Crippen LogP contribution is -2.58. The van der Waals surface area contributed by atoms with Crippen LogP contribution in [0.4, 0.5) is 0 Å². The fourth-order valence-electron chi connectivity index (χ4n) is 3.22. The van der Waals surface area contributed by atoms with Crippen molar-refractivity contribution in [3.8, 4) is 0 Å². The van der Waals surface area contributed by atoms with Gasteiger partial charge >= 0.3 is 5.97 Å². The smallest absolute Gasteiger partial charge is 0.326 e. The number of carboxylic acids is 1. The number of hydrogen-bond acceptors (Lipinski definition) is 6. The van der Waals surface area contributed by atoms with E-state index in [1.165, 1.54) is 0 Å². The maximum atomic E-state index is 13.1. The third-order valence-electron chi connectivity index (χ3n) is 5.48. The molecule has 0 saturated carbocycles. The van der Waals surface area contributed by atoms with Crippen molar-refractivity contribution in [1.29, 1.82) is 0 Å². The van der Waals surface area contributed by atoms with Crippen LogP contribution < -0.4 is 27.4 Å². The summed E-state index contributed by atoms with van der Waals surface area (Å²) in [5.74, 6) is -4.46. The molecule has 8 N–H and O–H groups in total. The van der Waals surface area contributed by atoms with Gasteiger partial charge in [0, 0.05) is 12.8 Å². The lowest BCUT2D eigenvalue weighted by atomic mass is 10.0. The minimum atomic E-state index is -1.20. The van der Waals surface area contributed by atoms with E-state index in [0.717, 1.165) is 5.56 Å². The van der Waals surface area contributed by atoms with E-state index in [1.807, 2.05) is 0 Å². The van der Waals surface area contributed by atoms with Gasteiger partial charge in [-0.25, -0.2) is 4.79 Å². The molecule has 1 rings (SSSR count). The fraction of sp³-hybridized carbons (Fsp3) is 0.542. The molecule has 0 aliphatic carbocycles. The Hall–Kier alpha value is -3.47. The minimum Gasteiger partial charge on any atom is -0.480 e. The molecule has 0 radical (unpaired) electrons. The zero-order valence-corrected chi connectivity index (χ0v) is 20.6. The molecule has 1 aromatic rings. The summed E-state index contributed by atoms with van der Waals surface area (Å²) >= 11 is 0. The summed E-state index contributed by atoms with van der Waals surface area (Å²) in [5, 5.41) is 17.0. The molecular weight excluding hydrogens is 454 g/mol. The Bertz CT molecular complexity index is 890. The van der Waals surface area contributed by atoms with Gasteiger partial charge in [0.25, 0.3) is 0 Å². The highest BCUT2D eigenvalue weighted by atomic mass is 16.4. The van der Waals surface area contributed by atoms with Crippen LogP contribution in [0.5, 0.6) is 0 Å². The molecule has 1 aromatic carbocycles. The SMILES string of the molecule is CC(C)[C@H](N)C(=O)N[C@@H](CCC(N)=O)C(=O)N[C@@H](Cc1ccccc1)C(=O)N[C@H](C(=O)O)C(C)C. The Balaban J connectivity index is 3.15. The second-order valence-corrected chi connectivity index (χ2v) is 9.16. The Kier molecular flexibility index (Phi) is 11.9. The quantitative estimate of drug-likeness (QED) is 0.205. The van der Waals surface area contributed by atoms with Crippen molar-refractivity contribution in [3.05, 3.63) is 35.9 Å². The molecule has 0 spiro atoms. The molecule has 0 bridgehead atoms. The van der Waals surface area contributed by atoms with E-state index in [4.69, 9.17) is 11.5 Å². The summed E-state index contributed by atoms with van der Waals surface area (Å²) in [7, 11) is 0. The fourth-order valence-corrected chi connectivity index (χ4v) is 3.22. The molecular formula is C24H37N5O6. The number of primary amides is 1. The number of benzene rings is 1. The van der Waals surface area contributed by atoms with Crippen molar-refractivity contribution in [1.82, 2.24) is 16.0 Å². The van der Waals surface area contributed by atoms with E-state index in [0.29, 0.717) is 0 Å². The Morgan fingerprint density at radius 1 is 0.829 bits per heavy atom. The minimum absolute atomic E-state index is 0.0742. The van der Waals surface area contributed by atoms with Crippen LogP contribution in [-0.2, 0) is 30.4 Å². The second-order valence-electron chi connectivity index (χ2n) is 9.16. The molecule has 11 heteroatoms. The van der Waals surface area contributed by atoms with Gasteiger partial charge in [0.1, 0.15) is 18.1 Å². The highest BCUT2D eigenvalue weighted by molar-refractivity contribution is 5.94. The molecule has 0 unspecified atom stereocenters. The number of carbonyl (C=O) groups excluding carboxylic acids is 4. The van der Waals surface area contributed by atoms with E-state index in [1.54, 1.807) is 58.0 Å². The van der Waals surface area contributed by atoms with Crippen LogP contribution in [0.3, 0.4) is 0 Å². The van der Waals surface area contributed by atoms with E-state index in [9.17, 15) is 29.1 Å². The molecule has 0 aliphatic heterocycles. The van der Waals surface area contributed by atoms with Gasteiger partial charge in [-0.1, -0.05) is 58.0 Å². The van der Waals surface area contributed by atoms with Gasteiger partial charge in [0.2, 0.25) is 23.6 Å². The lowest BCUT2D eigenvalue weighted by molar-refractivity contribution is -0.143. The molecule has 4 atom stereocenters. The summed E-state index contributed by atoms with van der Waals surface area (Å²) in [6.45, 7) is 6.79. The number of hydrogen-bond donors (Lipinski definition) is 6. The zero-order chi connectivity index (χ0) is 26.7. The first-order valence-corrected chi connectivity index (χ1v) is 11.5. The van der Waals surface area contributed by atoms with Crippen LogP contribution in [0.25, 0.3) is 0 Å². The van der Waals surface area contributed by atoms with E-state index in [-0.39, 0.29) is 25.2 Å². The van der Waals surface area contributed by atoms with Gasteiger partial charge in [-0.15, -0.1) is 0 Å². The number of amides is 4. The average molecular weight is 492 g/mol. The van der Waals surface area contributed by atoms with Crippen LogP contribution in [0.1, 0.15) is 46.1 Å². The topological polar surface area (TPSA) is 194 Å². The van der Waals surface area contributed by atoms with Crippen molar-refractivity contribution in [2.75, 3.05) is 0 Å². The summed E-state index contributed by atoms with van der Waals surface area (Å²) in [5.41, 5.74) is 11.8. The summed E-state index contributed by atoms with van der Waals surface area (Å²) in [6, 6.07) is 4.49. The summed E-state index contributed by atoms with van der Waals surface area (Å²) in [4.78, 5) is 61.5.